The van der Waals surface area contributed by atoms with Gasteiger partial charge in [-0.25, -0.2) is 9.38 Å². The highest BCUT2D eigenvalue weighted by atomic mass is 127. The maximum Gasteiger partial charge on any atom is 0.191 e. The van der Waals surface area contributed by atoms with Gasteiger partial charge in [0.25, 0.3) is 0 Å². The number of guanidine groups is 1. The highest BCUT2D eigenvalue weighted by Crippen LogP contribution is 2.20. The van der Waals surface area contributed by atoms with Crippen molar-refractivity contribution in [2.24, 2.45) is 4.99 Å². The second kappa shape index (κ2) is 15.0. The summed E-state index contributed by atoms with van der Waals surface area (Å²) in [6.07, 6.45) is 7.78. The molecule has 2 rings (SSSR count). The number of nitrogens with one attached hydrogen (secondary N) is 2. The molecule has 1 aliphatic carbocycles. The summed E-state index contributed by atoms with van der Waals surface area (Å²) in [4.78, 5) is 4.59. The quantitative estimate of drug-likeness (QED) is 0.214. The first kappa shape index (κ1) is 25.1. The number of rotatable bonds is 10. The van der Waals surface area contributed by atoms with E-state index in [9.17, 15) is 4.39 Å². The Morgan fingerprint density at radius 1 is 1.21 bits per heavy atom. The summed E-state index contributed by atoms with van der Waals surface area (Å²) < 4.78 is 24.7. The average Bonchev–Trinajstić information content (AvgIpc) is 2.69. The van der Waals surface area contributed by atoms with Gasteiger partial charge in [0.15, 0.2) is 5.96 Å². The highest BCUT2D eigenvalue weighted by Gasteiger charge is 2.13. The summed E-state index contributed by atoms with van der Waals surface area (Å²) in [5, 5.41) is 6.58. The first-order valence-electron chi connectivity index (χ1n) is 10.1. The van der Waals surface area contributed by atoms with Crippen molar-refractivity contribution in [1.82, 2.24) is 10.6 Å². The minimum Gasteiger partial charge on any atom is -0.380 e. The van der Waals surface area contributed by atoms with Crippen LogP contribution in [0.3, 0.4) is 0 Å². The molecule has 1 saturated carbocycles. The number of halogens is 2. The van der Waals surface area contributed by atoms with E-state index in [-0.39, 0.29) is 36.4 Å². The lowest BCUT2D eigenvalue weighted by Crippen LogP contribution is -2.38. The van der Waals surface area contributed by atoms with Gasteiger partial charge in [0, 0.05) is 32.4 Å². The third-order valence-corrected chi connectivity index (χ3v) is 4.69. The zero-order valence-electron chi connectivity index (χ0n) is 17.1. The Balaban J connectivity index is 0.00000392. The zero-order valence-corrected chi connectivity index (χ0v) is 19.5. The van der Waals surface area contributed by atoms with Gasteiger partial charge in [-0.3, -0.25) is 0 Å². The Hall–Kier alpha value is -0.930. The van der Waals surface area contributed by atoms with Gasteiger partial charge >= 0.3 is 0 Å². The minimum absolute atomic E-state index is 0. The molecule has 0 bridgehead atoms. The van der Waals surface area contributed by atoms with E-state index in [4.69, 9.17) is 9.47 Å². The Kier molecular flexibility index (Phi) is 13.4. The molecule has 28 heavy (non-hydrogen) atoms. The Morgan fingerprint density at radius 3 is 2.71 bits per heavy atom. The zero-order chi connectivity index (χ0) is 19.3. The van der Waals surface area contributed by atoms with Crippen molar-refractivity contribution < 1.29 is 13.9 Å². The second-order valence-electron chi connectivity index (χ2n) is 6.97. The molecule has 0 spiro atoms. The second-order valence-corrected chi connectivity index (χ2v) is 6.97. The molecule has 1 aromatic carbocycles. The maximum absolute atomic E-state index is 13.7. The van der Waals surface area contributed by atoms with Crippen molar-refractivity contribution in [3.05, 3.63) is 35.1 Å². The van der Waals surface area contributed by atoms with Crippen LogP contribution in [0.15, 0.2) is 23.2 Å². The van der Waals surface area contributed by atoms with Gasteiger partial charge in [-0.15, -0.1) is 24.0 Å². The van der Waals surface area contributed by atoms with E-state index in [0.717, 1.165) is 37.6 Å². The molecule has 5 nitrogen and oxygen atoms in total. The van der Waals surface area contributed by atoms with Crippen LogP contribution in [0.2, 0.25) is 0 Å². The molecular weight excluding hydrogens is 472 g/mol. The number of benzene rings is 1. The first-order valence-corrected chi connectivity index (χ1v) is 10.1. The predicted molar refractivity (Wildman–Crippen MR) is 123 cm³/mol. The van der Waals surface area contributed by atoms with Gasteiger partial charge in [0.2, 0.25) is 0 Å². The van der Waals surface area contributed by atoms with Crippen molar-refractivity contribution in [3.8, 4) is 0 Å². The average molecular weight is 507 g/mol. The van der Waals surface area contributed by atoms with E-state index < -0.39 is 0 Å². The lowest BCUT2D eigenvalue weighted by Gasteiger charge is -2.22. The van der Waals surface area contributed by atoms with E-state index in [1.807, 2.05) is 13.0 Å². The van der Waals surface area contributed by atoms with E-state index in [1.165, 1.54) is 38.2 Å². The molecule has 0 aromatic heterocycles. The van der Waals surface area contributed by atoms with Crippen LogP contribution in [-0.4, -0.2) is 38.9 Å². The van der Waals surface area contributed by atoms with Crippen LogP contribution in [-0.2, 0) is 22.6 Å². The molecule has 0 aliphatic heterocycles. The van der Waals surface area contributed by atoms with Crippen LogP contribution in [0.5, 0.6) is 0 Å². The standard InChI is InChI=1S/C21H34FN3O2.HI/c1-3-23-21(24-12-7-13-27-19-8-5-4-6-9-19)25-15-17-10-11-20(22)18(14-17)16-26-2;/h10-11,14,19H,3-9,12-13,15-16H2,1-2H3,(H2,23,24,25);1H. The van der Waals surface area contributed by atoms with Crippen molar-refractivity contribution in [3.63, 3.8) is 0 Å². The number of aliphatic imine (C=N–C) groups is 1. The van der Waals surface area contributed by atoms with Crippen LogP contribution < -0.4 is 10.6 Å². The lowest BCUT2D eigenvalue weighted by molar-refractivity contribution is 0.0277. The third-order valence-electron chi connectivity index (χ3n) is 4.69. The van der Waals surface area contributed by atoms with Crippen molar-refractivity contribution in [2.45, 2.75) is 64.7 Å². The molecule has 0 atom stereocenters. The van der Waals surface area contributed by atoms with Gasteiger partial charge in [0.05, 0.1) is 19.3 Å². The Labute approximate surface area is 185 Å². The molecule has 0 heterocycles. The van der Waals surface area contributed by atoms with Gasteiger partial charge in [0.1, 0.15) is 5.82 Å². The van der Waals surface area contributed by atoms with Gasteiger partial charge in [-0.1, -0.05) is 25.3 Å². The van der Waals surface area contributed by atoms with E-state index in [1.54, 1.807) is 13.2 Å². The fourth-order valence-corrected chi connectivity index (χ4v) is 3.27. The molecule has 0 amide bonds. The lowest BCUT2D eigenvalue weighted by atomic mass is 9.98. The number of hydrogen-bond donors (Lipinski definition) is 2. The molecule has 7 heteroatoms. The smallest absolute Gasteiger partial charge is 0.191 e. The number of methoxy groups -OCH3 is 1. The van der Waals surface area contributed by atoms with Crippen LogP contribution in [0.4, 0.5) is 4.39 Å². The minimum atomic E-state index is -0.243. The summed E-state index contributed by atoms with van der Waals surface area (Å²) in [5.41, 5.74) is 1.52. The van der Waals surface area contributed by atoms with Crippen molar-refractivity contribution >= 4 is 29.9 Å². The van der Waals surface area contributed by atoms with Crippen molar-refractivity contribution in [1.29, 1.82) is 0 Å². The molecule has 0 saturated heterocycles. The normalized spacial score (nSPS) is 15.2. The molecule has 1 aromatic rings. The van der Waals surface area contributed by atoms with Crippen LogP contribution in [0.25, 0.3) is 0 Å². The summed E-state index contributed by atoms with van der Waals surface area (Å²) in [7, 11) is 1.56. The predicted octanol–water partition coefficient (Wildman–Crippen LogP) is 4.38. The Bertz CT molecular complexity index is 581. The van der Waals surface area contributed by atoms with E-state index >= 15 is 0 Å². The SMILES string of the molecule is CCNC(=NCc1ccc(F)c(COC)c1)NCCCOC1CCCCC1.I. The molecule has 0 radical (unpaired) electrons. The summed E-state index contributed by atoms with van der Waals surface area (Å²) in [6, 6.07) is 5.05. The largest absolute Gasteiger partial charge is 0.380 e. The van der Waals surface area contributed by atoms with Gasteiger partial charge < -0.3 is 20.1 Å². The summed E-state index contributed by atoms with van der Waals surface area (Å²) >= 11 is 0. The van der Waals surface area contributed by atoms with Gasteiger partial charge in [-0.2, -0.15) is 0 Å². The number of hydrogen-bond acceptors (Lipinski definition) is 3. The maximum atomic E-state index is 13.7. The number of nitrogens with zero attached hydrogens (tertiary/aromatic N) is 1. The fraction of sp³-hybridized carbons (Fsp3) is 0.667. The topological polar surface area (TPSA) is 54.9 Å². The van der Waals surface area contributed by atoms with Crippen LogP contribution in [0, 0.1) is 5.82 Å². The molecule has 1 fully saturated rings. The van der Waals surface area contributed by atoms with Crippen LogP contribution >= 0.6 is 24.0 Å². The summed E-state index contributed by atoms with van der Waals surface area (Å²) in [6.45, 7) is 5.20. The van der Waals surface area contributed by atoms with Crippen LogP contribution in [0.1, 0.15) is 56.6 Å². The molecule has 160 valence electrons. The van der Waals surface area contributed by atoms with E-state index in [2.05, 4.69) is 15.6 Å². The summed E-state index contributed by atoms with van der Waals surface area (Å²) in [5.74, 6) is 0.528. The third kappa shape index (κ3) is 9.52. The Morgan fingerprint density at radius 2 is 2.00 bits per heavy atom. The van der Waals surface area contributed by atoms with E-state index in [0.29, 0.717) is 18.2 Å². The van der Waals surface area contributed by atoms with Crippen molar-refractivity contribution in [2.75, 3.05) is 26.8 Å². The fourth-order valence-electron chi connectivity index (χ4n) is 3.27. The first-order chi connectivity index (χ1) is 13.2. The monoisotopic (exact) mass is 507 g/mol. The molecular formula is C21H35FIN3O2. The highest BCUT2D eigenvalue weighted by molar-refractivity contribution is 14.0. The van der Waals surface area contributed by atoms with Gasteiger partial charge in [-0.05, 0) is 43.9 Å². The molecule has 0 unspecified atom stereocenters. The molecule has 2 N–H and O–H groups in total. The number of ether oxygens (including phenoxy) is 2. The molecule has 1 aliphatic rings.